The van der Waals surface area contributed by atoms with Gasteiger partial charge in [-0.15, -0.1) is 0 Å². The third-order valence-electron chi connectivity index (χ3n) is 5.19. The van der Waals surface area contributed by atoms with Gasteiger partial charge in [-0.2, -0.15) is 4.31 Å². The molecule has 7 nitrogen and oxygen atoms in total. The first-order valence-electron chi connectivity index (χ1n) is 9.39. The van der Waals surface area contributed by atoms with E-state index >= 15 is 0 Å². The fourth-order valence-electron chi connectivity index (χ4n) is 4.15. The summed E-state index contributed by atoms with van der Waals surface area (Å²) in [4.78, 5) is 29.4. The number of fused-ring (bicyclic) bond motifs is 2. The molecular formula is C19H27N3O4S. The topological polar surface area (TPSA) is 78.0 Å². The number of hydrogen-bond acceptors (Lipinski definition) is 4. The summed E-state index contributed by atoms with van der Waals surface area (Å²) in [6, 6.07) is 5.70. The predicted octanol–water partition coefficient (Wildman–Crippen LogP) is 1.83. The number of hydrogen-bond donors (Lipinski definition) is 0. The Morgan fingerprint density at radius 1 is 1.19 bits per heavy atom. The molecule has 0 bridgehead atoms. The molecule has 1 aromatic carbocycles. The van der Waals surface area contributed by atoms with Crippen molar-refractivity contribution in [3.8, 4) is 0 Å². The molecule has 0 aromatic heterocycles. The van der Waals surface area contributed by atoms with Crippen LogP contribution in [-0.2, 0) is 19.6 Å². The largest absolute Gasteiger partial charge is 0.336 e. The zero-order valence-corrected chi connectivity index (χ0v) is 17.1. The summed E-state index contributed by atoms with van der Waals surface area (Å²) in [6.45, 7) is 7.89. The van der Waals surface area contributed by atoms with Crippen LogP contribution in [0, 0.1) is 0 Å². The molecule has 0 unspecified atom stereocenters. The minimum Gasteiger partial charge on any atom is -0.336 e. The molecule has 27 heavy (non-hydrogen) atoms. The molecule has 2 heterocycles. The van der Waals surface area contributed by atoms with Crippen LogP contribution in [0.15, 0.2) is 29.2 Å². The van der Waals surface area contributed by atoms with Crippen molar-refractivity contribution in [2.75, 3.05) is 18.0 Å². The smallest absolute Gasteiger partial charge is 0.245 e. The van der Waals surface area contributed by atoms with Gasteiger partial charge in [0, 0.05) is 18.6 Å². The molecule has 1 atom stereocenters. The zero-order chi connectivity index (χ0) is 19.9. The van der Waals surface area contributed by atoms with Gasteiger partial charge in [-0.05, 0) is 52.7 Å². The second kappa shape index (κ2) is 7.24. The molecule has 2 aliphatic rings. The number of anilines is 1. The van der Waals surface area contributed by atoms with E-state index in [4.69, 9.17) is 0 Å². The molecule has 0 saturated carbocycles. The van der Waals surface area contributed by atoms with Gasteiger partial charge in [-0.3, -0.25) is 9.59 Å². The molecular weight excluding hydrogens is 366 g/mol. The maximum atomic E-state index is 13.2. The molecule has 2 amide bonds. The average Bonchev–Trinajstić information content (AvgIpc) is 3.07. The second-order valence-electron chi connectivity index (χ2n) is 7.65. The zero-order valence-electron chi connectivity index (χ0n) is 16.3. The minimum absolute atomic E-state index is 0.0125. The average molecular weight is 394 g/mol. The third-order valence-corrected chi connectivity index (χ3v) is 7.15. The third kappa shape index (κ3) is 3.36. The van der Waals surface area contributed by atoms with Crippen LogP contribution in [0.4, 0.5) is 5.69 Å². The Morgan fingerprint density at radius 2 is 1.81 bits per heavy atom. The van der Waals surface area contributed by atoms with Crippen LogP contribution in [-0.4, -0.2) is 60.7 Å². The highest BCUT2D eigenvalue weighted by molar-refractivity contribution is 7.89. The molecule has 1 fully saturated rings. The summed E-state index contributed by atoms with van der Waals surface area (Å²) in [5.41, 5.74) is 0.290. The van der Waals surface area contributed by atoms with Crippen molar-refractivity contribution in [2.45, 2.75) is 63.6 Å². The molecule has 1 aromatic rings. The van der Waals surface area contributed by atoms with E-state index in [0.717, 1.165) is 0 Å². The summed E-state index contributed by atoms with van der Waals surface area (Å²) in [6.07, 6.45) is 1.12. The predicted molar refractivity (Wildman–Crippen MR) is 103 cm³/mol. The Morgan fingerprint density at radius 3 is 2.44 bits per heavy atom. The number of para-hydroxylation sites is 1. The maximum absolute atomic E-state index is 13.2. The number of carbonyl (C=O) groups is 2. The summed E-state index contributed by atoms with van der Waals surface area (Å²) < 4.78 is 27.5. The Balaban J connectivity index is 2.06. The normalized spacial score (nSPS) is 21.9. The van der Waals surface area contributed by atoms with Crippen LogP contribution >= 0.6 is 0 Å². The van der Waals surface area contributed by atoms with Crippen LogP contribution in [0.3, 0.4) is 0 Å². The number of nitrogens with zero attached hydrogens (tertiary/aromatic N) is 3. The summed E-state index contributed by atoms with van der Waals surface area (Å²) in [5, 5.41) is 0. The van der Waals surface area contributed by atoms with Crippen LogP contribution in [0.5, 0.6) is 0 Å². The first kappa shape index (κ1) is 19.8. The summed E-state index contributed by atoms with van der Waals surface area (Å²) in [7, 11) is -3.76. The van der Waals surface area contributed by atoms with Crippen molar-refractivity contribution in [1.82, 2.24) is 9.21 Å². The molecule has 2 aliphatic heterocycles. The molecule has 3 rings (SSSR count). The van der Waals surface area contributed by atoms with Gasteiger partial charge < -0.3 is 9.80 Å². The quantitative estimate of drug-likeness (QED) is 0.782. The van der Waals surface area contributed by atoms with E-state index in [2.05, 4.69) is 0 Å². The summed E-state index contributed by atoms with van der Waals surface area (Å²) in [5.74, 6) is -0.506. The van der Waals surface area contributed by atoms with Crippen molar-refractivity contribution in [1.29, 1.82) is 0 Å². The van der Waals surface area contributed by atoms with Crippen molar-refractivity contribution in [2.24, 2.45) is 0 Å². The van der Waals surface area contributed by atoms with Crippen LogP contribution in [0.1, 0.15) is 40.5 Å². The molecule has 0 N–H and O–H groups in total. The number of sulfonamides is 1. The Labute approximate surface area is 161 Å². The highest BCUT2D eigenvalue weighted by atomic mass is 32.2. The second-order valence-corrected chi connectivity index (χ2v) is 9.51. The van der Waals surface area contributed by atoms with Gasteiger partial charge in [0.15, 0.2) is 0 Å². The van der Waals surface area contributed by atoms with Crippen LogP contribution < -0.4 is 4.90 Å². The highest BCUT2D eigenvalue weighted by Gasteiger charge is 2.46. The van der Waals surface area contributed by atoms with E-state index in [1.165, 1.54) is 15.3 Å². The van der Waals surface area contributed by atoms with Crippen molar-refractivity contribution in [3.63, 3.8) is 0 Å². The molecule has 1 saturated heterocycles. The van der Waals surface area contributed by atoms with Gasteiger partial charge in [0.25, 0.3) is 0 Å². The Bertz CT molecular complexity index is 842. The lowest BCUT2D eigenvalue weighted by molar-refractivity contribution is -0.135. The van der Waals surface area contributed by atoms with Gasteiger partial charge in [0.1, 0.15) is 17.5 Å². The molecule has 0 spiro atoms. The molecule has 8 heteroatoms. The SMILES string of the molecule is CC(C)N(C(=O)CN1C(=O)[C@H]2CCCN2S(=O)(=O)c2ccccc21)C(C)C. The maximum Gasteiger partial charge on any atom is 0.245 e. The van der Waals surface area contributed by atoms with Gasteiger partial charge >= 0.3 is 0 Å². The fraction of sp³-hybridized carbons (Fsp3) is 0.579. The van der Waals surface area contributed by atoms with E-state index in [0.29, 0.717) is 19.4 Å². The fourth-order valence-corrected chi connectivity index (χ4v) is 6.00. The van der Waals surface area contributed by atoms with Gasteiger partial charge in [0.2, 0.25) is 21.8 Å². The Hall–Kier alpha value is -1.93. The van der Waals surface area contributed by atoms with E-state index < -0.39 is 16.1 Å². The van der Waals surface area contributed by atoms with E-state index in [9.17, 15) is 18.0 Å². The number of rotatable bonds is 4. The Kier molecular flexibility index (Phi) is 5.31. The van der Waals surface area contributed by atoms with Crippen LogP contribution in [0.2, 0.25) is 0 Å². The first-order valence-corrected chi connectivity index (χ1v) is 10.8. The standard InChI is InChI=1S/C19H27N3O4S/c1-13(2)22(14(3)4)18(23)12-20-15-8-5-6-10-17(15)27(25,26)21-11-7-9-16(21)19(20)24/h5-6,8,10,13-14,16H,7,9,11-12H2,1-4H3/t16-/m1/s1. The van der Waals surface area contributed by atoms with Gasteiger partial charge in [0.05, 0.1) is 5.69 Å². The van der Waals surface area contributed by atoms with E-state index in [1.807, 2.05) is 27.7 Å². The van der Waals surface area contributed by atoms with Crippen molar-refractivity contribution < 1.29 is 18.0 Å². The lowest BCUT2D eigenvalue weighted by Gasteiger charge is -2.33. The lowest BCUT2D eigenvalue weighted by Crippen LogP contribution is -2.51. The lowest BCUT2D eigenvalue weighted by atomic mass is 10.1. The monoisotopic (exact) mass is 393 g/mol. The van der Waals surface area contributed by atoms with Gasteiger partial charge in [-0.25, -0.2) is 8.42 Å². The number of benzene rings is 1. The molecule has 148 valence electrons. The number of amides is 2. The molecule has 0 aliphatic carbocycles. The first-order chi connectivity index (χ1) is 12.7. The molecule has 0 radical (unpaired) electrons. The van der Waals surface area contributed by atoms with Crippen LogP contribution in [0.25, 0.3) is 0 Å². The van der Waals surface area contributed by atoms with Crippen molar-refractivity contribution in [3.05, 3.63) is 24.3 Å². The van der Waals surface area contributed by atoms with E-state index in [1.54, 1.807) is 23.1 Å². The minimum atomic E-state index is -3.76. The van der Waals surface area contributed by atoms with Crippen molar-refractivity contribution >= 4 is 27.5 Å². The summed E-state index contributed by atoms with van der Waals surface area (Å²) >= 11 is 0. The van der Waals surface area contributed by atoms with Gasteiger partial charge in [-0.1, -0.05) is 12.1 Å². The van der Waals surface area contributed by atoms with E-state index in [-0.39, 0.29) is 41.0 Å². The number of carbonyl (C=O) groups excluding carboxylic acids is 2. The highest BCUT2D eigenvalue weighted by Crippen LogP contribution is 2.37.